The van der Waals surface area contributed by atoms with E-state index in [1.54, 1.807) is 0 Å². The summed E-state index contributed by atoms with van der Waals surface area (Å²) in [5.74, 6) is 0. The Morgan fingerprint density at radius 3 is 2.08 bits per heavy atom. The summed E-state index contributed by atoms with van der Waals surface area (Å²) in [6, 6.07) is 7.96. The molecule has 10 heteroatoms. The average Bonchev–Trinajstić information content (AvgIpc) is 2.46. The Morgan fingerprint density at radius 2 is 1.54 bits per heavy atom. The summed E-state index contributed by atoms with van der Waals surface area (Å²) in [6.07, 6.45) is -4.62. The normalized spacial score (nSPS) is 11.8. The van der Waals surface area contributed by atoms with Crippen molar-refractivity contribution in [3.63, 3.8) is 0 Å². The number of nitrogens with one attached hydrogen (secondary N) is 2. The minimum atomic E-state index is -4.62. The van der Waals surface area contributed by atoms with Gasteiger partial charge in [0.1, 0.15) is 0 Å². The predicted octanol–water partition coefficient (Wildman–Crippen LogP) is 3.60. The number of para-hydroxylation sites is 1. The standard InChI is InChI=1S/C14H11F3N2O4S/c15-14(16,17)11-3-1-2-4-12(11)19-13(20)18-9-5-7-10(8-6-9)24(21,22)23/h1-8H,(H2,18,19,20)(H,21,22,23). The van der Waals surface area contributed by atoms with Crippen LogP contribution in [0.3, 0.4) is 0 Å². The number of benzene rings is 2. The Balaban J connectivity index is 2.12. The van der Waals surface area contributed by atoms with Crippen molar-refractivity contribution in [1.29, 1.82) is 0 Å². The maximum atomic E-state index is 12.8. The van der Waals surface area contributed by atoms with Crippen LogP contribution in [0.1, 0.15) is 5.56 Å². The molecule has 2 aromatic carbocycles. The summed E-state index contributed by atoms with van der Waals surface area (Å²) in [5, 5.41) is 4.33. The number of anilines is 2. The molecule has 2 amide bonds. The van der Waals surface area contributed by atoms with Crippen LogP contribution in [-0.2, 0) is 16.3 Å². The van der Waals surface area contributed by atoms with Gasteiger partial charge in [-0.1, -0.05) is 12.1 Å². The molecular weight excluding hydrogens is 349 g/mol. The van der Waals surface area contributed by atoms with Crippen LogP contribution >= 0.6 is 0 Å². The second kappa shape index (κ2) is 6.49. The zero-order chi connectivity index (χ0) is 18.0. The van der Waals surface area contributed by atoms with Crippen molar-refractivity contribution in [2.24, 2.45) is 0 Å². The lowest BCUT2D eigenvalue weighted by Gasteiger charge is -2.14. The summed E-state index contributed by atoms with van der Waals surface area (Å²) < 4.78 is 69.1. The summed E-state index contributed by atoms with van der Waals surface area (Å²) in [4.78, 5) is 11.4. The molecule has 24 heavy (non-hydrogen) atoms. The molecule has 0 spiro atoms. The molecule has 0 aliphatic heterocycles. The predicted molar refractivity (Wildman–Crippen MR) is 80.3 cm³/mol. The topological polar surface area (TPSA) is 95.5 Å². The fourth-order valence-corrected chi connectivity index (χ4v) is 2.31. The third kappa shape index (κ3) is 4.46. The quantitative estimate of drug-likeness (QED) is 0.729. The van der Waals surface area contributed by atoms with Crippen molar-refractivity contribution in [2.75, 3.05) is 10.6 Å². The van der Waals surface area contributed by atoms with Gasteiger partial charge in [-0.25, -0.2) is 4.79 Å². The van der Waals surface area contributed by atoms with Crippen LogP contribution in [0.4, 0.5) is 29.3 Å². The Kier molecular flexibility index (Phi) is 4.81. The lowest BCUT2D eigenvalue weighted by atomic mass is 10.1. The van der Waals surface area contributed by atoms with Gasteiger partial charge in [0.25, 0.3) is 10.1 Å². The zero-order valence-corrected chi connectivity index (χ0v) is 12.6. The summed E-state index contributed by atoms with van der Waals surface area (Å²) in [6.45, 7) is 0. The van der Waals surface area contributed by atoms with E-state index in [0.717, 1.165) is 24.3 Å². The molecule has 0 saturated heterocycles. The van der Waals surface area contributed by atoms with E-state index in [4.69, 9.17) is 4.55 Å². The van der Waals surface area contributed by atoms with Crippen molar-refractivity contribution in [1.82, 2.24) is 0 Å². The van der Waals surface area contributed by atoms with E-state index in [0.29, 0.717) is 0 Å². The van der Waals surface area contributed by atoms with E-state index in [-0.39, 0.29) is 10.6 Å². The smallest absolute Gasteiger partial charge is 0.308 e. The molecule has 0 aliphatic rings. The van der Waals surface area contributed by atoms with Gasteiger partial charge in [0.2, 0.25) is 0 Å². The van der Waals surface area contributed by atoms with Gasteiger partial charge in [0.05, 0.1) is 16.1 Å². The third-order valence-electron chi connectivity index (χ3n) is 2.89. The number of urea groups is 1. The van der Waals surface area contributed by atoms with E-state index < -0.39 is 33.6 Å². The zero-order valence-electron chi connectivity index (χ0n) is 11.8. The molecule has 0 heterocycles. The van der Waals surface area contributed by atoms with Crippen LogP contribution < -0.4 is 10.6 Å². The summed E-state index contributed by atoms with van der Waals surface area (Å²) in [7, 11) is -4.37. The van der Waals surface area contributed by atoms with Gasteiger partial charge in [-0.15, -0.1) is 0 Å². The summed E-state index contributed by atoms with van der Waals surface area (Å²) >= 11 is 0. The Labute approximate surface area is 135 Å². The molecule has 0 atom stereocenters. The molecule has 0 aliphatic carbocycles. The minimum Gasteiger partial charge on any atom is -0.308 e. The Hall–Kier alpha value is -2.59. The molecule has 0 radical (unpaired) electrons. The van der Waals surface area contributed by atoms with Crippen LogP contribution in [0, 0.1) is 0 Å². The number of carbonyl (C=O) groups is 1. The highest BCUT2D eigenvalue weighted by Gasteiger charge is 2.33. The number of hydrogen-bond acceptors (Lipinski definition) is 3. The largest absolute Gasteiger partial charge is 0.418 e. The van der Waals surface area contributed by atoms with Crippen molar-refractivity contribution < 1.29 is 30.9 Å². The van der Waals surface area contributed by atoms with E-state index in [9.17, 15) is 26.4 Å². The first kappa shape index (κ1) is 17.8. The van der Waals surface area contributed by atoms with E-state index in [2.05, 4.69) is 10.6 Å². The van der Waals surface area contributed by atoms with Gasteiger partial charge < -0.3 is 10.6 Å². The highest BCUT2D eigenvalue weighted by atomic mass is 32.2. The van der Waals surface area contributed by atoms with Crippen LogP contribution in [0.5, 0.6) is 0 Å². The van der Waals surface area contributed by atoms with Gasteiger partial charge in [0, 0.05) is 5.69 Å². The number of carbonyl (C=O) groups excluding carboxylic acids is 1. The van der Waals surface area contributed by atoms with Crippen LogP contribution in [0.2, 0.25) is 0 Å². The molecule has 0 aromatic heterocycles. The highest BCUT2D eigenvalue weighted by Crippen LogP contribution is 2.34. The molecule has 2 aromatic rings. The number of amides is 2. The first-order chi connectivity index (χ1) is 11.1. The van der Waals surface area contributed by atoms with Crippen molar-refractivity contribution in [3.05, 3.63) is 54.1 Å². The maximum Gasteiger partial charge on any atom is 0.418 e. The van der Waals surface area contributed by atoms with E-state index in [1.165, 1.54) is 24.3 Å². The van der Waals surface area contributed by atoms with Gasteiger partial charge in [-0.05, 0) is 36.4 Å². The molecule has 0 bridgehead atoms. The lowest BCUT2D eigenvalue weighted by Crippen LogP contribution is -2.21. The monoisotopic (exact) mass is 360 g/mol. The second-order valence-corrected chi connectivity index (χ2v) is 6.04. The van der Waals surface area contributed by atoms with Gasteiger partial charge >= 0.3 is 12.2 Å². The van der Waals surface area contributed by atoms with Gasteiger partial charge in [0.15, 0.2) is 0 Å². The van der Waals surface area contributed by atoms with Crippen molar-refractivity contribution >= 4 is 27.5 Å². The molecule has 0 saturated carbocycles. The molecule has 0 fully saturated rings. The molecule has 6 nitrogen and oxygen atoms in total. The lowest BCUT2D eigenvalue weighted by molar-refractivity contribution is -0.136. The molecule has 0 unspecified atom stereocenters. The number of halogens is 3. The van der Waals surface area contributed by atoms with Gasteiger partial charge in [-0.2, -0.15) is 21.6 Å². The minimum absolute atomic E-state index is 0.129. The average molecular weight is 360 g/mol. The fraction of sp³-hybridized carbons (Fsp3) is 0.0714. The van der Waals surface area contributed by atoms with E-state index >= 15 is 0 Å². The van der Waals surface area contributed by atoms with Crippen molar-refractivity contribution in [2.45, 2.75) is 11.1 Å². The Bertz CT molecular complexity index is 849. The highest BCUT2D eigenvalue weighted by molar-refractivity contribution is 7.85. The Morgan fingerprint density at radius 1 is 0.958 bits per heavy atom. The second-order valence-electron chi connectivity index (χ2n) is 4.62. The van der Waals surface area contributed by atoms with Crippen molar-refractivity contribution in [3.8, 4) is 0 Å². The van der Waals surface area contributed by atoms with Gasteiger partial charge in [-0.3, -0.25) is 4.55 Å². The van der Waals surface area contributed by atoms with Crippen LogP contribution in [0.25, 0.3) is 0 Å². The number of alkyl halides is 3. The molecule has 3 N–H and O–H groups in total. The van der Waals surface area contributed by atoms with Crippen LogP contribution in [0.15, 0.2) is 53.4 Å². The first-order valence-electron chi connectivity index (χ1n) is 6.39. The van der Waals surface area contributed by atoms with E-state index in [1.807, 2.05) is 0 Å². The molecular formula is C14H11F3N2O4S. The van der Waals surface area contributed by atoms with Crippen LogP contribution in [-0.4, -0.2) is 19.0 Å². The maximum absolute atomic E-state index is 12.8. The number of hydrogen-bond donors (Lipinski definition) is 3. The molecule has 128 valence electrons. The SMILES string of the molecule is O=C(Nc1ccc(S(=O)(=O)O)cc1)Nc1ccccc1C(F)(F)F. The number of rotatable bonds is 3. The third-order valence-corrected chi connectivity index (χ3v) is 3.76. The fourth-order valence-electron chi connectivity index (χ4n) is 1.83. The molecule has 2 rings (SSSR count). The first-order valence-corrected chi connectivity index (χ1v) is 7.83. The summed E-state index contributed by atoms with van der Waals surface area (Å²) in [5.41, 5.74) is -1.29.